The second kappa shape index (κ2) is 8.15. The van der Waals surface area contributed by atoms with E-state index in [0.717, 1.165) is 18.4 Å². The minimum Gasteiger partial charge on any atom is -0.474 e. The number of aromatic nitrogens is 1. The van der Waals surface area contributed by atoms with Gasteiger partial charge in [0.2, 0.25) is 5.88 Å². The van der Waals surface area contributed by atoms with Gasteiger partial charge in [0.15, 0.2) is 5.96 Å². The molecule has 0 amide bonds. The molecular formula is C18H19F3N4O2. The van der Waals surface area contributed by atoms with Crippen molar-refractivity contribution in [1.82, 2.24) is 4.98 Å². The maximum absolute atomic E-state index is 12.1. The first kappa shape index (κ1) is 18.8. The van der Waals surface area contributed by atoms with E-state index in [1.165, 1.54) is 30.7 Å². The van der Waals surface area contributed by atoms with Crippen molar-refractivity contribution in [3.05, 3.63) is 48.2 Å². The van der Waals surface area contributed by atoms with Crippen molar-refractivity contribution in [1.29, 1.82) is 0 Å². The number of hydrogen-bond donors (Lipinski definition) is 2. The predicted octanol–water partition coefficient (Wildman–Crippen LogP) is 3.84. The number of nitrogens with zero attached hydrogens (tertiary/aromatic N) is 2. The zero-order valence-corrected chi connectivity index (χ0v) is 14.4. The van der Waals surface area contributed by atoms with Gasteiger partial charge in [-0.1, -0.05) is 0 Å². The van der Waals surface area contributed by atoms with Crippen LogP contribution in [0.25, 0.3) is 0 Å². The average molecular weight is 380 g/mol. The molecule has 27 heavy (non-hydrogen) atoms. The van der Waals surface area contributed by atoms with Gasteiger partial charge in [-0.3, -0.25) is 0 Å². The van der Waals surface area contributed by atoms with Crippen molar-refractivity contribution in [2.24, 2.45) is 10.7 Å². The van der Waals surface area contributed by atoms with Crippen LogP contribution in [0.4, 0.5) is 18.9 Å². The molecule has 0 radical (unpaired) electrons. The summed E-state index contributed by atoms with van der Waals surface area (Å²) in [6.45, 7) is 0.317. The third-order valence-electron chi connectivity index (χ3n) is 3.93. The SMILES string of the molecule is NC(=NCc1ccnc(OC2CCC2)c1)Nc1ccc(OC(F)(F)F)cc1. The Morgan fingerprint density at radius 3 is 2.59 bits per heavy atom. The molecule has 1 aliphatic rings. The topological polar surface area (TPSA) is 81.8 Å². The third kappa shape index (κ3) is 6.05. The van der Waals surface area contributed by atoms with Crippen molar-refractivity contribution >= 4 is 11.6 Å². The molecule has 1 aliphatic carbocycles. The number of hydrogen-bond acceptors (Lipinski definition) is 4. The Bertz CT molecular complexity index is 790. The van der Waals surface area contributed by atoms with Crippen molar-refractivity contribution in [2.75, 3.05) is 5.32 Å². The maximum atomic E-state index is 12.1. The number of aliphatic imine (C=N–C) groups is 1. The third-order valence-corrected chi connectivity index (χ3v) is 3.93. The highest BCUT2D eigenvalue weighted by Gasteiger charge is 2.30. The number of halogens is 3. The Morgan fingerprint density at radius 1 is 1.22 bits per heavy atom. The molecule has 6 nitrogen and oxygen atoms in total. The number of alkyl halides is 3. The van der Waals surface area contributed by atoms with E-state index in [-0.39, 0.29) is 17.8 Å². The molecule has 3 N–H and O–H groups in total. The van der Waals surface area contributed by atoms with Gasteiger partial charge in [0, 0.05) is 18.0 Å². The standard InChI is InChI=1S/C18H19F3N4O2/c19-18(20,21)27-15-6-4-13(5-7-15)25-17(22)24-11-12-8-9-23-16(10-12)26-14-2-1-3-14/h4-10,14H,1-3,11H2,(H3,22,24,25). The molecular weight excluding hydrogens is 361 g/mol. The summed E-state index contributed by atoms with van der Waals surface area (Å²) < 4.78 is 46.0. The number of pyridine rings is 1. The van der Waals surface area contributed by atoms with Gasteiger partial charge >= 0.3 is 6.36 Å². The first-order valence-electron chi connectivity index (χ1n) is 8.42. The molecule has 1 saturated carbocycles. The van der Waals surface area contributed by atoms with Crippen LogP contribution < -0.4 is 20.5 Å². The van der Waals surface area contributed by atoms with Crippen LogP contribution in [-0.4, -0.2) is 23.4 Å². The number of guanidine groups is 1. The lowest BCUT2D eigenvalue weighted by Crippen LogP contribution is -2.25. The summed E-state index contributed by atoms with van der Waals surface area (Å²) in [6.07, 6.45) is 0.456. The molecule has 3 rings (SSSR count). The van der Waals surface area contributed by atoms with E-state index >= 15 is 0 Å². The van der Waals surface area contributed by atoms with Crippen molar-refractivity contribution in [3.8, 4) is 11.6 Å². The molecule has 1 heterocycles. The van der Waals surface area contributed by atoms with E-state index in [1.54, 1.807) is 6.20 Å². The van der Waals surface area contributed by atoms with Crippen LogP contribution in [0, 0.1) is 0 Å². The Hall–Kier alpha value is -2.97. The van der Waals surface area contributed by atoms with E-state index < -0.39 is 6.36 Å². The molecule has 144 valence electrons. The van der Waals surface area contributed by atoms with Gasteiger partial charge in [-0.15, -0.1) is 13.2 Å². The number of nitrogens with two attached hydrogens (primary N) is 1. The molecule has 0 unspecified atom stereocenters. The Labute approximate surface area is 154 Å². The minimum atomic E-state index is -4.72. The number of ether oxygens (including phenoxy) is 2. The largest absolute Gasteiger partial charge is 0.573 e. The summed E-state index contributed by atoms with van der Waals surface area (Å²) in [5, 5.41) is 2.81. The Balaban J connectivity index is 1.54. The quantitative estimate of drug-likeness (QED) is 0.588. The second-order valence-corrected chi connectivity index (χ2v) is 6.07. The van der Waals surface area contributed by atoms with Crippen LogP contribution in [0.3, 0.4) is 0 Å². The summed E-state index contributed by atoms with van der Waals surface area (Å²) in [7, 11) is 0. The van der Waals surface area contributed by atoms with Gasteiger partial charge in [0.1, 0.15) is 11.9 Å². The Kier molecular flexibility index (Phi) is 5.68. The van der Waals surface area contributed by atoms with E-state index in [1.807, 2.05) is 12.1 Å². The lowest BCUT2D eigenvalue weighted by Gasteiger charge is -2.25. The van der Waals surface area contributed by atoms with E-state index in [2.05, 4.69) is 20.0 Å². The molecule has 0 aliphatic heterocycles. The highest BCUT2D eigenvalue weighted by molar-refractivity contribution is 5.92. The van der Waals surface area contributed by atoms with Crippen molar-refractivity contribution in [2.45, 2.75) is 38.3 Å². The summed E-state index contributed by atoms with van der Waals surface area (Å²) in [5.74, 6) is 0.399. The normalized spacial score (nSPS) is 15.1. The molecule has 0 bridgehead atoms. The highest BCUT2D eigenvalue weighted by atomic mass is 19.4. The fourth-order valence-corrected chi connectivity index (χ4v) is 2.38. The molecule has 1 fully saturated rings. The molecule has 1 aromatic heterocycles. The average Bonchev–Trinajstić information content (AvgIpc) is 2.57. The first-order chi connectivity index (χ1) is 12.9. The van der Waals surface area contributed by atoms with Gasteiger partial charge in [0.25, 0.3) is 0 Å². The second-order valence-electron chi connectivity index (χ2n) is 6.07. The molecule has 0 saturated heterocycles. The Morgan fingerprint density at radius 2 is 1.96 bits per heavy atom. The van der Waals surface area contributed by atoms with E-state index in [9.17, 15) is 13.2 Å². The van der Waals surface area contributed by atoms with Crippen molar-refractivity contribution < 1.29 is 22.6 Å². The minimum absolute atomic E-state index is 0.137. The molecule has 2 aromatic rings. The van der Waals surface area contributed by atoms with Gasteiger partial charge in [-0.2, -0.15) is 0 Å². The summed E-state index contributed by atoms with van der Waals surface area (Å²) >= 11 is 0. The van der Waals surface area contributed by atoms with E-state index in [0.29, 0.717) is 18.1 Å². The number of anilines is 1. The molecule has 0 spiro atoms. The van der Waals surface area contributed by atoms with Gasteiger partial charge in [-0.05, 0) is 55.2 Å². The smallest absolute Gasteiger partial charge is 0.474 e. The van der Waals surface area contributed by atoms with Crippen molar-refractivity contribution in [3.63, 3.8) is 0 Å². The van der Waals surface area contributed by atoms with Crippen LogP contribution >= 0.6 is 0 Å². The molecule has 1 aromatic carbocycles. The zero-order valence-electron chi connectivity index (χ0n) is 14.4. The van der Waals surface area contributed by atoms with Gasteiger partial charge in [0.05, 0.1) is 6.54 Å². The van der Waals surface area contributed by atoms with Crippen LogP contribution in [-0.2, 0) is 6.54 Å². The first-order valence-corrected chi connectivity index (χ1v) is 8.42. The monoisotopic (exact) mass is 380 g/mol. The van der Waals surface area contributed by atoms with Crippen LogP contribution in [0.5, 0.6) is 11.6 Å². The lowest BCUT2D eigenvalue weighted by atomic mass is 9.96. The van der Waals surface area contributed by atoms with Crippen LogP contribution in [0.15, 0.2) is 47.6 Å². The van der Waals surface area contributed by atoms with Crippen LogP contribution in [0.1, 0.15) is 24.8 Å². The summed E-state index contributed by atoms with van der Waals surface area (Å²) in [4.78, 5) is 8.39. The lowest BCUT2D eigenvalue weighted by molar-refractivity contribution is -0.274. The van der Waals surface area contributed by atoms with Crippen LogP contribution in [0.2, 0.25) is 0 Å². The summed E-state index contributed by atoms with van der Waals surface area (Å²) in [6, 6.07) is 8.85. The van der Waals surface area contributed by atoms with E-state index in [4.69, 9.17) is 10.5 Å². The fraction of sp³-hybridized carbons (Fsp3) is 0.333. The molecule has 9 heteroatoms. The summed E-state index contributed by atoms with van der Waals surface area (Å²) in [5.41, 5.74) is 7.21. The maximum Gasteiger partial charge on any atom is 0.573 e. The zero-order chi connectivity index (χ0) is 19.3. The fourth-order valence-electron chi connectivity index (χ4n) is 2.38. The number of nitrogens with one attached hydrogen (secondary N) is 1. The number of rotatable bonds is 6. The van der Waals surface area contributed by atoms with Gasteiger partial charge in [-0.25, -0.2) is 9.98 Å². The van der Waals surface area contributed by atoms with Gasteiger partial charge < -0.3 is 20.5 Å². The number of benzene rings is 1. The highest BCUT2D eigenvalue weighted by Crippen LogP contribution is 2.25. The molecule has 0 atom stereocenters. The predicted molar refractivity (Wildman–Crippen MR) is 94.6 cm³/mol.